The van der Waals surface area contributed by atoms with E-state index in [1.165, 1.54) is 6.42 Å². The Morgan fingerprint density at radius 3 is 1.81 bits per heavy atom. The molecule has 1 saturated carbocycles. The summed E-state index contributed by atoms with van der Waals surface area (Å²) in [6.45, 7) is 0.389. The van der Waals surface area contributed by atoms with E-state index in [1.54, 1.807) is 41.1 Å². The molecule has 1 aliphatic rings. The van der Waals surface area contributed by atoms with Crippen LogP contribution in [0.5, 0.6) is 0 Å². The van der Waals surface area contributed by atoms with Crippen LogP contribution in [-0.4, -0.2) is 47.3 Å². The van der Waals surface area contributed by atoms with Crippen LogP contribution in [0.25, 0.3) is 0 Å². The predicted octanol–water partition coefficient (Wildman–Crippen LogP) is 5.48. The second-order valence-corrected chi connectivity index (χ2v) is 9.55. The molecule has 0 heterocycles. The third-order valence-corrected chi connectivity index (χ3v) is 6.93. The van der Waals surface area contributed by atoms with Gasteiger partial charge in [0.25, 0.3) is 11.8 Å². The van der Waals surface area contributed by atoms with E-state index in [4.69, 9.17) is 4.74 Å². The summed E-state index contributed by atoms with van der Waals surface area (Å²) in [4.78, 5) is 42.9. The fourth-order valence-electron chi connectivity index (χ4n) is 4.81. The highest BCUT2D eigenvalue weighted by Gasteiger charge is 2.27. The zero-order valence-corrected chi connectivity index (χ0v) is 21.3. The minimum atomic E-state index is -0.672. The smallest absolute Gasteiger partial charge is 0.339 e. The average Bonchev–Trinajstić information content (AvgIpc) is 2.96. The Kier molecular flexibility index (Phi) is 9.08. The number of amides is 2. The Labute approximate surface area is 218 Å². The number of hydrogen-bond acceptors (Lipinski definition) is 4. The van der Waals surface area contributed by atoms with Gasteiger partial charge in [-0.25, -0.2) is 4.79 Å². The first-order chi connectivity index (χ1) is 18.0. The van der Waals surface area contributed by atoms with Crippen molar-refractivity contribution in [1.82, 2.24) is 9.80 Å². The van der Waals surface area contributed by atoms with Crippen molar-refractivity contribution >= 4 is 17.8 Å². The van der Waals surface area contributed by atoms with Gasteiger partial charge in [-0.1, -0.05) is 92.1 Å². The second-order valence-electron chi connectivity index (χ2n) is 9.55. The molecule has 0 atom stereocenters. The lowest BCUT2D eigenvalue weighted by Gasteiger charge is -2.31. The number of carbonyl (C=O) groups excluding carboxylic acids is 3. The number of rotatable bonds is 9. The Hall–Kier alpha value is -3.93. The third kappa shape index (κ3) is 7.06. The molecule has 2 amide bonds. The van der Waals surface area contributed by atoms with Gasteiger partial charge < -0.3 is 14.5 Å². The van der Waals surface area contributed by atoms with Crippen LogP contribution in [0.2, 0.25) is 0 Å². The van der Waals surface area contributed by atoms with Gasteiger partial charge in [-0.15, -0.1) is 0 Å². The minimum absolute atomic E-state index is 0.177. The number of nitrogens with zero attached hydrogens (tertiary/aromatic N) is 2. The molecule has 0 radical (unpaired) electrons. The first-order valence-electron chi connectivity index (χ1n) is 12.9. The van der Waals surface area contributed by atoms with Gasteiger partial charge in [0.15, 0.2) is 6.61 Å². The molecule has 1 fully saturated rings. The van der Waals surface area contributed by atoms with E-state index in [0.29, 0.717) is 18.7 Å². The summed E-state index contributed by atoms with van der Waals surface area (Å²) in [7, 11) is 1.80. The van der Waals surface area contributed by atoms with Gasteiger partial charge in [0.2, 0.25) is 0 Å². The minimum Gasteiger partial charge on any atom is -0.452 e. The molecule has 0 spiro atoms. The second kappa shape index (κ2) is 12.9. The van der Waals surface area contributed by atoms with E-state index >= 15 is 0 Å². The molecule has 6 nitrogen and oxygen atoms in total. The summed E-state index contributed by atoms with van der Waals surface area (Å²) in [5.74, 6) is -1.17. The molecule has 6 heteroatoms. The highest BCUT2D eigenvalue weighted by Crippen LogP contribution is 2.24. The van der Waals surface area contributed by atoms with Crippen LogP contribution in [0.4, 0.5) is 0 Å². The number of hydrogen-bond donors (Lipinski definition) is 0. The molecule has 0 aromatic heterocycles. The fraction of sp³-hybridized carbons (Fsp3) is 0.323. The standard InChI is InChI=1S/C31H34N2O4/c1-32(26-17-9-4-10-18-26)30(35)27-19-11-12-20-28(27)31(36)37-23-29(34)33(21-24-13-5-2-6-14-24)22-25-15-7-3-8-16-25/h2-3,5-8,11-16,19-20,26H,4,9-10,17-18,21-23H2,1H3. The highest BCUT2D eigenvalue weighted by molar-refractivity contribution is 6.05. The third-order valence-electron chi connectivity index (χ3n) is 6.93. The molecule has 3 aromatic carbocycles. The largest absolute Gasteiger partial charge is 0.452 e. The summed E-state index contributed by atoms with van der Waals surface area (Å²) in [5.41, 5.74) is 2.46. The van der Waals surface area contributed by atoms with Crippen LogP contribution < -0.4 is 0 Å². The normalized spacial score (nSPS) is 13.5. The molecular weight excluding hydrogens is 464 g/mol. The Morgan fingerprint density at radius 2 is 1.24 bits per heavy atom. The molecule has 4 rings (SSSR count). The lowest BCUT2D eigenvalue weighted by molar-refractivity contribution is -0.135. The zero-order valence-electron chi connectivity index (χ0n) is 21.3. The highest BCUT2D eigenvalue weighted by atomic mass is 16.5. The summed E-state index contributed by atoms with van der Waals surface area (Å²) in [5, 5.41) is 0. The van der Waals surface area contributed by atoms with Crippen molar-refractivity contribution < 1.29 is 19.1 Å². The predicted molar refractivity (Wildman–Crippen MR) is 143 cm³/mol. The molecule has 0 bridgehead atoms. The van der Waals surface area contributed by atoms with E-state index in [-0.39, 0.29) is 23.4 Å². The Morgan fingerprint density at radius 1 is 0.730 bits per heavy atom. The van der Waals surface area contributed by atoms with E-state index < -0.39 is 12.6 Å². The van der Waals surface area contributed by atoms with Gasteiger partial charge in [0.05, 0.1) is 11.1 Å². The van der Waals surface area contributed by atoms with Crippen molar-refractivity contribution in [2.24, 2.45) is 0 Å². The van der Waals surface area contributed by atoms with Gasteiger partial charge in [0.1, 0.15) is 0 Å². The van der Waals surface area contributed by atoms with Crippen LogP contribution in [0.1, 0.15) is 63.9 Å². The maximum Gasteiger partial charge on any atom is 0.339 e. The van der Waals surface area contributed by atoms with Crippen LogP contribution in [0.15, 0.2) is 84.9 Å². The van der Waals surface area contributed by atoms with E-state index in [9.17, 15) is 14.4 Å². The lowest BCUT2D eigenvalue weighted by Crippen LogP contribution is -2.39. The van der Waals surface area contributed by atoms with Crippen molar-refractivity contribution in [3.63, 3.8) is 0 Å². The maximum atomic E-state index is 13.3. The van der Waals surface area contributed by atoms with Gasteiger partial charge >= 0.3 is 5.97 Å². The molecule has 0 unspecified atom stereocenters. The van der Waals surface area contributed by atoms with Crippen molar-refractivity contribution in [2.45, 2.75) is 51.2 Å². The van der Waals surface area contributed by atoms with E-state index in [2.05, 4.69) is 0 Å². The average molecular weight is 499 g/mol. The van der Waals surface area contributed by atoms with Crippen molar-refractivity contribution in [2.75, 3.05) is 13.7 Å². The number of esters is 1. The topological polar surface area (TPSA) is 66.9 Å². The van der Waals surface area contributed by atoms with Crippen LogP contribution in [0.3, 0.4) is 0 Å². The van der Waals surface area contributed by atoms with Crippen molar-refractivity contribution in [3.05, 3.63) is 107 Å². The first-order valence-corrected chi connectivity index (χ1v) is 12.9. The van der Waals surface area contributed by atoms with Crippen LogP contribution >= 0.6 is 0 Å². The monoisotopic (exact) mass is 498 g/mol. The van der Waals surface area contributed by atoms with Crippen molar-refractivity contribution in [1.29, 1.82) is 0 Å². The molecule has 3 aromatic rings. The molecular formula is C31H34N2O4. The number of ether oxygens (including phenoxy) is 1. The number of benzene rings is 3. The van der Waals surface area contributed by atoms with Gasteiger partial charge in [-0.05, 0) is 36.1 Å². The Balaban J connectivity index is 1.44. The summed E-state index contributed by atoms with van der Waals surface area (Å²) in [6, 6.07) is 26.3. The van der Waals surface area contributed by atoms with Crippen LogP contribution in [0, 0.1) is 0 Å². The molecule has 0 aliphatic heterocycles. The SMILES string of the molecule is CN(C(=O)c1ccccc1C(=O)OCC(=O)N(Cc1ccccc1)Cc1ccccc1)C1CCCCC1. The fourth-order valence-corrected chi connectivity index (χ4v) is 4.81. The van der Waals surface area contributed by atoms with E-state index in [1.807, 2.05) is 60.7 Å². The Bertz CT molecular complexity index is 1150. The molecule has 0 saturated heterocycles. The summed E-state index contributed by atoms with van der Waals surface area (Å²) in [6.07, 6.45) is 5.36. The molecule has 37 heavy (non-hydrogen) atoms. The van der Waals surface area contributed by atoms with Gasteiger partial charge in [-0.2, -0.15) is 0 Å². The van der Waals surface area contributed by atoms with Crippen molar-refractivity contribution in [3.8, 4) is 0 Å². The summed E-state index contributed by atoms with van der Waals surface area (Å²) >= 11 is 0. The molecule has 0 N–H and O–H groups in total. The maximum absolute atomic E-state index is 13.3. The number of carbonyl (C=O) groups is 3. The quantitative estimate of drug-likeness (QED) is 0.367. The zero-order chi connectivity index (χ0) is 26.0. The lowest BCUT2D eigenvalue weighted by atomic mass is 9.94. The van der Waals surface area contributed by atoms with Crippen LogP contribution in [-0.2, 0) is 22.6 Å². The van der Waals surface area contributed by atoms with E-state index in [0.717, 1.165) is 36.8 Å². The summed E-state index contributed by atoms with van der Waals surface area (Å²) < 4.78 is 5.46. The van der Waals surface area contributed by atoms with Gasteiger partial charge in [-0.3, -0.25) is 9.59 Å². The first kappa shape index (κ1) is 26.1. The molecule has 192 valence electrons. The van der Waals surface area contributed by atoms with Gasteiger partial charge in [0, 0.05) is 26.2 Å². The molecule has 1 aliphatic carbocycles.